The summed E-state index contributed by atoms with van der Waals surface area (Å²) in [6.45, 7) is 22.7. The Kier molecular flexibility index (Phi) is 4.66. The molecule has 0 aromatic heterocycles. The van der Waals surface area contributed by atoms with E-state index >= 15 is 0 Å². The summed E-state index contributed by atoms with van der Waals surface area (Å²) in [7, 11) is 1.99. The zero-order chi connectivity index (χ0) is 17.0. The fourth-order valence-corrected chi connectivity index (χ4v) is 5.06. The Morgan fingerprint density at radius 3 is 1.57 bits per heavy atom. The van der Waals surface area contributed by atoms with Crippen molar-refractivity contribution in [2.45, 2.75) is 74.8 Å². The molecule has 124 valence electrons. The summed E-state index contributed by atoms with van der Waals surface area (Å²) in [5, 5.41) is 0. The maximum Gasteiger partial charge on any atom is 0.228 e. The van der Waals surface area contributed by atoms with Gasteiger partial charge in [-0.3, -0.25) is 4.79 Å². The third kappa shape index (κ3) is 2.53. The predicted octanol–water partition coefficient (Wildman–Crippen LogP) is 4.83. The predicted molar refractivity (Wildman–Crippen MR) is 91.1 cm³/mol. The highest BCUT2D eigenvalue weighted by Crippen LogP contribution is 2.57. The van der Waals surface area contributed by atoms with E-state index in [2.05, 4.69) is 69.2 Å². The van der Waals surface area contributed by atoms with Gasteiger partial charge >= 0.3 is 0 Å². The van der Waals surface area contributed by atoms with Gasteiger partial charge in [0.25, 0.3) is 0 Å². The van der Waals surface area contributed by atoms with E-state index in [1.54, 1.807) is 0 Å². The van der Waals surface area contributed by atoms with Crippen LogP contribution in [0.5, 0.6) is 0 Å². The molecule has 0 spiro atoms. The summed E-state index contributed by atoms with van der Waals surface area (Å²) in [6.07, 6.45) is 0. The molecule has 21 heavy (non-hydrogen) atoms. The normalized spacial score (nSPS) is 31.7. The minimum Gasteiger partial charge on any atom is -0.340 e. The second kappa shape index (κ2) is 5.28. The first-order valence-electron chi connectivity index (χ1n) is 8.49. The van der Waals surface area contributed by atoms with Gasteiger partial charge in [0.1, 0.15) is 0 Å². The number of hydrogen-bond donors (Lipinski definition) is 0. The molecule has 2 unspecified atom stereocenters. The van der Waals surface area contributed by atoms with Crippen molar-refractivity contribution >= 4 is 5.91 Å². The van der Waals surface area contributed by atoms with E-state index in [9.17, 15) is 4.79 Å². The molecule has 2 heteroatoms. The summed E-state index contributed by atoms with van der Waals surface area (Å²) in [5.74, 6) is 2.26. The molecule has 0 N–H and O–H groups in total. The standard InChI is InChI=1S/C19H37NO/c1-12(2)14-15(13(3)4)18(7,8)19(9,10)20(11)16(21)17(14,5)6/h12-15H,1-11H3. The maximum absolute atomic E-state index is 13.2. The highest BCUT2D eigenvalue weighted by atomic mass is 16.2. The molecule has 2 nitrogen and oxygen atoms in total. The van der Waals surface area contributed by atoms with Crippen molar-refractivity contribution in [3.63, 3.8) is 0 Å². The van der Waals surface area contributed by atoms with E-state index in [1.165, 1.54) is 0 Å². The van der Waals surface area contributed by atoms with Crippen LogP contribution in [-0.4, -0.2) is 23.4 Å². The molecule has 0 bridgehead atoms. The third-order valence-electron chi connectivity index (χ3n) is 6.76. The average molecular weight is 296 g/mol. The number of likely N-dealkylation sites (tertiary alicyclic amines) is 1. The van der Waals surface area contributed by atoms with E-state index in [-0.39, 0.29) is 16.4 Å². The fraction of sp³-hybridized carbons (Fsp3) is 0.947. The monoisotopic (exact) mass is 295 g/mol. The van der Waals surface area contributed by atoms with Crippen molar-refractivity contribution < 1.29 is 4.79 Å². The molecule has 0 radical (unpaired) electrons. The minimum absolute atomic E-state index is 0.0638. The Morgan fingerprint density at radius 1 is 0.857 bits per heavy atom. The number of nitrogens with zero attached hydrogens (tertiary/aromatic N) is 1. The van der Waals surface area contributed by atoms with Crippen molar-refractivity contribution in [1.82, 2.24) is 4.90 Å². The molecule has 1 aliphatic rings. The summed E-state index contributed by atoms with van der Waals surface area (Å²) < 4.78 is 0. The smallest absolute Gasteiger partial charge is 0.228 e. The Morgan fingerprint density at radius 2 is 1.24 bits per heavy atom. The largest absolute Gasteiger partial charge is 0.340 e. The number of amides is 1. The zero-order valence-corrected chi connectivity index (χ0v) is 16.2. The molecule has 1 heterocycles. The zero-order valence-electron chi connectivity index (χ0n) is 16.2. The van der Waals surface area contributed by atoms with E-state index in [1.807, 2.05) is 11.9 Å². The van der Waals surface area contributed by atoms with Crippen LogP contribution in [0.1, 0.15) is 69.2 Å². The van der Waals surface area contributed by atoms with Gasteiger partial charge in [-0.25, -0.2) is 0 Å². The van der Waals surface area contributed by atoms with Crippen LogP contribution in [0.2, 0.25) is 0 Å². The summed E-state index contributed by atoms with van der Waals surface area (Å²) in [6, 6.07) is 0. The highest BCUT2D eigenvalue weighted by molar-refractivity contribution is 5.83. The van der Waals surface area contributed by atoms with Gasteiger partial charge in [-0.05, 0) is 42.9 Å². The molecule has 1 saturated heterocycles. The first-order valence-corrected chi connectivity index (χ1v) is 8.49. The molecule has 1 aliphatic heterocycles. The highest BCUT2D eigenvalue weighted by Gasteiger charge is 2.59. The second-order valence-electron chi connectivity index (χ2n) is 9.41. The molecule has 0 aromatic rings. The molecule has 1 fully saturated rings. The van der Waals surface area contributed by atoms with Gasteiger partial charge in [-0.1, -0.05) is 55.4 Å². The van der Waals surface area contributed by atoms with Crippen LogP contribution in [0.25, 0.3) is 0 Å². The lowest BCUT2D eigenvalue weighted by atomic mass is 9.53. The first-order chi connectivity index (χ1) is 9.20. The number of carbonyl (C=O) groups is 1. The van der Waals surface area contributed by atoms with Gasteiger partial charge in [-0.2, -0.15) is 0 Å². The Labute approximate surface area is 132 Å². The van der Waals surface area contributed by atoms with Crippen LogP contribution in [0.4, 0.5) is 0 Å². The van der Waals surface area contributed by atoms with Gasteiger partial charge in [0.15, 0.2) is 0 Å². The van der Waals surface area contributed by atoms with Crippen LogP contribution in [0, 0.1) is 34.5 Å². The molecular formula is C19H37NO. The topological polar surface area (TPSA) is 20.3 Å². The summed E-state index contributed by atoms with van der Waals surface area (Å²) >= 11 is 0. The number of hydrogen-bond acceptors (Lipinski definition) is 1. The minimum atomic E-state index is -0.317. The Hall–Kier alpha value is -0.530. The van der Waals surface area contributed by atoms with Gasteiger partial charge in [0.2, 0.25) is 5.91 Å². The van der Waals surface area contributed by atoms with E-state index in [0.29, 0.717) is 29.6 Å². The molecule has 1 amide bonds. The number of rotatable bonds is 2. The quantitative estimate of drug-likeness (QED) is 0.714. The van der Waals surface area contributed by atoms with Crippen LogP contribution in [0.15, 0.2) is 0 Å². The fourth-order valence-electron chi connectivity index (χ4n) is 5.06. The average Bonchev–Trinajstić information content (AvgIpc) is 2.33. The lowest BCUT2D eigenvalue weighted by Gasteiger charge is -2.53. The molecular weight excluding hydrogens is 258 g/mol. The molecule has 0 saturated carbocycles. The first kappa shape index (κ1) is 18.5. The maximum atomic E-state index is 13.2. The second-order valence-corrected chi connectivity index (χ2v) is 9.41. The van der Waals surface area contributed by atoms with Crippen molar-refractivity contribution in [1.29, 1.82) is 0 Å². The van der Waals surface area contributed by atoms with Crippen LogP contribution in [0.3, 0.4) is 0 Å². The Bertz CT molecular complexity index is 404. The molecule has 0 aliphatic carbocycles. The van der Waals surface area contributed by atoms with Crippen molar-refractivity contribution in [2.75, 3.05) is 7.05 Å². The lowest BCUT2D eigenvalue weighted by molar-refractivity contribution is -0.146. The van der Waals surface area contributed by atoms with Crippen molar-refractivity contribution in [3.8, 4) is 0 Å². The number of carbonyl (C=O) groups excluding carboxylic acids is 1. The SMILES string of the molecule is CC(C)C1C(C(C)C)C(C)(C)C(C)(C)N(C)C(=O)C1(C)C. The molecule has 1 rings (SSSR count). The van der Waals surface area contributed by atoms with Crippen LogP contribution in [-0.2, 0) is 4.79 Å². The summed E-state index contributed by atoms with van der Waals surface area (Å²) in [4.78, 5) is 15.2. The van der Waals surface area contributed by atoms with E-state index in [0.717, 1.165) is 0 Å². The van der Waals surface area contributed by atoms with E-state index in [4.69, 9.17) is 0 Å². The van der Waals surface area contributed by atoms with Gasteiger partial charge in [-0.15, -0.1) is 0 Å². The van der Waals surface area contributed by atoms with E-state index < -0.39 is 0 Å². The molecule has 0 aromatic carbocycles. The third-order valence-corrected chi connectivity index (χ3v) is 6.76. The van der Waals surface area contributed by atoms with Crippen molar-refractivity contribution in [2.24, 2.45) is 34.5 Å². The van der Waals surface area contributed by atoms with Gasteiger partial charge < -0.3 is 4.90 Å². The molecule has 2 atom stereocenters. The van der Waals surface area contributed by atoms with Crippen LogP contribution >= 0.6 is 0 Å². The van der Waals surface area contributed by atoms with Crippen LogP contribution < -0.4 is 0 Å². The van der Waals surface area contributed by atoms with Crippen molar-refractivity contribution in [3.05, 3.63) is 0 Å². The van der Waals surface area contributed by atoms with Gasteiger partial charge in [0.05, 0.1) is 0 Å². The summed E-state index contributed by atoms with van der Waals surface area (Å²) in [5.41, 5.74) is -0.406. The Balaban J connectivity index is 3.67. The van der Waals surface area contributed by atoms with Gasteiger partial charge in [0, 0.05) is 18.0 Å². The lowest BCUT2D eigenvalue weighted by Crippen LogP contribution is -2.56.